The fourth-order valence-corrected chi connectivity index (χ4v) is 4.56. The Morgan fingerprint density at radius 3 is 2.52 bits per heavy atom. The predicted molar refractivity (Wildman–Crippen MR) is 111 cm³/mol. The molecule has 2 N–H and O–H groups in total. The molecule has 0 radical (unpaired) electrons. The van der Waals surface area contributed by atoms with Gasteiger partial charge in [0.05, 0.1) is 12.5 Å². The second-order valence-corrected chi connectivity index (χ2v) is 8.76. The van der Waals surface area contributed by atoms with Crippen LogP contribution in [0.15, 0.2) is 24.5 Å². The molecule has 1 atom stereocenters. The summed E-state index contributed by atoms with van der Waals surface area (Å²) in [5.41, 5.74) is 1.32. The molecule has 3 aliphatic rings. The van der Waals surface area contributed by atoms with Crippen LogP contribution in [0.2, 0.25) is 0 Å². The molecule has 1 aliphatic carbocycles. The summed E-state index contributed by atoms with van der Waals surface area (Å²) in [6.45, 7) is 5.21. The first-order valence-corrected chi connectivity index (χ1v) is 11.1. The number of likely N-dealkylation sites (tertiary alicyclic amines) is 2. The summed E-state index contributed by atoms with van der Waals surface area (Å²) in [6, 6.07) is 5.09. The van der Waals surface area contributed by atoms with Crippen molar-refractivity contribution in [2.75, 3.05) is 32.7 Å². The first-order chi connectivity index (χ1) is 14.2. The van der Waals surface area contributed by atoms with E-state index in [-0.39, 0.29) is 24.3 Å². The number of piperidine rings is 2. The molecule has 4 rings (SSSR count). The maximum atomic E-state index is 12.6. The number of carbonyl (C=O) groups is 2. The summed E-state index contributed by atoms with van der Waals surface area (Å²) < 4.78 is 0. The number of nitrogens with zero attached hydrogens (tertiary/aromatic N) is 3. The zero-order valence-corrected chi connectivity index (χ0v) is 17.2. The lowest BCUT2D eigenvalue weighted by Crippen LogP contribution is -2.51. The third-order valence-corrected chi connectivity index (χ3v) is 6.42. The smallest absolute Gasteiger partial charge is 0.239 e. The summed E-state index contributed by atoms with van der Waals surface area (Å²) in [4.78, 5) is 33.5. The lowest BCUT2D eigenvalue weighted by atomic mass is 9.93. The number of hydrogen-bond donors (Lipinski definition) is 2. The Kier molecular flexibility index (Phi) is 6.77. The number of nitrogens with one attached hydrogen (secondary N) is 2. The van der Waals surface area contributed by atoms with Crippen LogP contribution < -0.4 is 10.6 Å². The molecule has 2 aliphatic heterocycles. The van der Waals surface area contributed by atoms with Crippen molar-refractivity contribution < 1.29 is 9.59 Å². The van der Waals surface area contributed by atoms with Gasteiger partial charge in [-0.3, -0.25) is 24.4 Å². The standard InChI is InChI=1S/C22H33N5O2/c28-21(25-19-3-4-19)14-24-22(29)18-2-1-11-27(16-18)20-7-12-26(13-8-20)15-17-5-9-23-10-6-17/h5-6,9-10,18-20H,1-4,7-8,11-16H2,(H,24,29)(H,25,28)/t18-/m1/s1. The van der Waals surface area contributed by atoms with Crippen molar-refractivity contribution in [3.05, 3.63) is 30.1 Å². The molecule has 3 heterocycles. The molecule has 1 aromatic rings. The van der Waals surface area contributed by atoms with Crippen LogP contribution in [0.3, 0.4) is 0 Å². The Hall–Kier alpha value is -1.99. The highest BCUT2D eigenvalue weighted by atomic mass is 16.2. The molecule has 2 saturated heterocycles. The van der Waals surface area contributed by atoms with Crippen LogP contribution in [0.25, 0.3) is 0 Å². The molecule has 1 saturated carbocycles. The Morgan fingerprint density at radius 1 is 1.03 bits per heavy atom. The van der Waals surface area contributed by atoms with Gasteiger partial charge in [-0.1, -0.05) is 0 Å². The maximum Gasteiger partial charge on any atom is 0.239 e. The quantitative estimate of drug-likeness (QED) is 0.719. The van der Waals surface area contributed by atoms with E-state index < -0.39 is 0 Å². The first-order valence-electron chi connectivity index (χ1n) is 11.1. The third kappa shape index (κ3) is 6.00. The van der Waals surface area contributed by atoms with Gasteiger partial charge in [0.2, 0.25) is 11.8 Å². The summed E-state index contributed by atoms with van der Waals surface area (Å²) in [6.07, 6.45) is 10.1. The molecule has 2 amide bonds. The van der Waals surface area contributed by atoms with Gasteiger partial charge in [0, 0.05) is 37.6 Å². The van der Waals surface area contributed by atoms with Gasteiger partial charge < -0.3 is 10.6 Å². The minimum absolute atomic E-state index is 0.00678. The van der Waals surface area contributed by atoms with Crippen molar-refractivity contribution in [3.63, 3.8) is 0 Å². The van der Waals surface area contributed by atoms with E-state index in [2.05, 4.69) is 37.6 Å². The summed E-state index contributed by atoms with van der Waals surface area (Å²) in [7, 11) is 0. The topological polar surface area (TPSA) is 77.6 Å². The normalized spacial score (nSPS) is 24.2. The van der Waals surface area contributed by atoms with Gasteiger partial charge in [0.25, 0.3) is 0 Å². The lowest BCUT2D eigenvalue weighted by molar-refractivity contribution is -0.130. The van der Waals surface area contributed by atoms with E-state index >= 15 is 0 Å². The van der Waals surface area contributed by atoms with E-state index in [9.17, 15) is 9.59 Å². The van der Waals surface area contributed by atoms with E-state index in [4.69, 9.17) is 0 Å². The summed E-state index contributed by atoms with van der Waals surface area (Å²) in [5.74, 6) is -0.0156. The van der Waals surface area contributed by atoms with Crippen LogP contribution >= 0.6 is 0 Å². The van der Waals surface area contributed by atoms with Crippen molar-refractivity contribution in [2.24, 2.45) is 5.92 Å². The average molecular weight is 400 g/mol. The van der Waals surface area contributed by atoms with Gasteiger partial charge in [-0.2, -0.15) is 0 Å². The highest BCUT2D eigenvalue weighted by Crippen LogP contribution is 2.24. The Labute approximate surface area is 173 Å². The minimum atomic E-state index is -0.0601. The van der Waals surface area contributed by atoms with E-state index in [1.807, 2.05) is 12.4 Å². The summed E-state index contributed by atoms with van der Waals surface area (Å²) in [5, 5.41) is 5.77. The zero-order chi connectivity index (χ0) is 20.1. The second-order valence-electron chi connectivity index (χ2n) is 8.76. The molecule has 158 valence electrons. The van der Waals surface area contributed by atoms with Gasteiger partial charge >= 0.3 is 0 Å². The van der Waals surface area contributed by atoms with E-state index in [0.717, 1.165) is 71.2 Å². The molecule has 1 aromatic heterocycles. The molecule has 29 heavy (non-hydrogen) atoms. The third-order valence-electron chi connectivity index (χ3n) is 6.42. The number of pyridine rings is 1. The molecule has 7 nitrogen and oxygen atoms in total. The van der Waals surface area contributed by atoms with Crippen molar-refractivity contribution in [3.8, 4) is 0 Å². The van der Waals surface area contributed by atoms with Gasteiger partial charge in [-0.15, -0.1) is 0 Å². The minimum Gasteiger partial charge on any atom is -0.352 e. The Morgan fingerprint density at radius 2 is 1.79 bits per heavy atom. The largest absolute Gasteiger partial charge is 0.352 e. The molecule has 0 bridgehead atoms. The van der Waals surface area contributed by atoms with Crippen LogP contribution in [-0.2, 0) is 16.1 Å². The number of aromatic nitrogens is 1. The molecular weight excluding hydrogens is 366 g/mol. The van der Waals surface area contributed by atoms with E-state index in [1.54, 1.807) is 0 Å². The van der Waals surface area contributed by atoms with Crippen molar-refractivity contribution >= 4 is 11.8 Å². The average Bonchev–Trinajstić information content (AvgIpc) is 3.57. The molecular formula is C22H33N5O2. The van der Waals surface area contributed by atoms with E-state index in [1.165, 1.54) is 5.56 Å². The zero-order valence-electron chi connectivity index (χ0n) is 17.2. The van der Waals surface area contributed by atoms with Gasteiger partial charge in [-0.25, -0.2) is 0 Å². The van der Waals surface area contributed by atoms with Crippen LogP contribution in [-0.4, -0.2) is 71.4 Å². The van der Waals surface area contributed by atoms with Crippen LogP contribution in [0.4, 0.5) is 0 Å². The van der Waals surface area contributed by atoms with Crippen molar-refractivity contribution in [2.45, 2.75) is 57.2 Å². The van der Waals surface area contributed by atoms with Gasteiger partial charge in [0.15, 0.2) is 0 Å². The molecule has 0 spiro atoms. The van der Waals surface area contributed by atoms with Gasteiger partial charge in [-0.05, 0) is 75.9 Å². The highest BCUT2D eigenvalue weighted by Gasteiger charge is 2.32. The van der Waals surface area contributed by atoms with Crippen LogP contribution in [0.5, 0.6) is 0 Å². The van der Waals surface area contributed by atoms with E-state index in [0.29, 0.717) is 12.1 Å². The molecule has 0 unspecified atom stereocenters. The molecule has 3 fully saturated rings. The second kappa shape index (κ2) is 9.67. The fourth-order valence-electron chi connectivity index (χ4n) is 4.56. The van der Waals surface area contributed by atoms with Crippen LogP contribution in [0.1, 0.15) is 44.1 Å². The van der Waals surface area contributed by atoms with Crippen molar-refractivity contribution in [1.29, 1.82) is 0 Å². The molecule has 7 heteroatoms. The number of carbonyl (C=O) groups excluding carboxylic acids is 2. The molecule has 0 aromatic carbocycles. The van der Waals surface area contributed by atoms with Crippen molar-refractivity contribution in [1.82, 2.24) is 25.4 Å². The Balaban J connectivity index is 1.19. The summed E-state index contributed by atoms with van der Waals surface area (Å²) >= 11 is 0. The lowest BCUT2D eigenvalue weighted by Gasteiger charge is -2.42. The Bertz CT molecular complexity index is 686. The fraction of sp³-hybridized carbons (Fsp3) is 0.682. The predicted octanol–water partition coefficient (Wildman–Crippen LogP) is 1.15. The maximum absolute atomic E-state index is 12.6. The number of rotatable bonds is 7. The SMILES string of the molecule is O=C(CNC(=O)[C@@H]1CCCN(C2CCN(Cc3ccncc3)CC2)C1)NC1CC1. The first kappa shape index (κ1) is 20.3. The highest BCUT2D eigenvalue weighted by molar-refractivity contribution is 5.86. The van der Waals surface area contributed by atoms with Gasteiger partial charge in [0.1, 0.15) is 0 Å². The number of amides is 2. The number of hydrogen-bond acceptors (Lipinski definition) is 5. The monoisotopic (exact) mass is 399 g/mol. The van der Waals surface area contributed by atoms with Crippen LogP contribution in [0, 0.1) is 5.92 Å².